The van der Waals surface area contributed by atoms with Gasteiger partial charge in [-0.05, 0) is 49.2 Å². The number of hydrogen-bond donors (Lipinski definition) is 1. The molecule has 5 nitrogen and oxygen atoms in total. The third-order valence-corrected chi connectivity index (χ3v) is 5.46. The van der Waals surface area contributed by atoms with Crippen molar-refractivity contribution in [2.24, 2.45) is 0 Å². The molecule has 1 aliphatic rings. The van der Waals surface area contributed by atoms with E-state index in [0.29, 0.717) is 40.4 Å². The molecule has 0 unspecified atom stereocenters. The van der Waals surface area contributed by atoms with Crippen LogP contribution in [0.5, 0.6) is 17.2 Å². The van der Waals surface area contributed by atoms with Gasteiger partial charge in [-0.3, -0.25) is 4.79 Å². The summed E-state index contributed by atoms with van der Waals surface area (Å²) in [5, 5.41) is 2.62. The Bertz CT molecular complexity index is 983. The third-order valence-electron chi connectivity index (χ3n) is 4.30. The molecule has 0 saturated carbocycles. The Labute approximate surface area is 186 Å². The number of rotatable bonds is 9. The Hall–Kier alpha value is -2.77. The van der Waals surface area contributed by atoms with Crippen molar-refractivity contribution < 1.29 is 19.0 Å². The maximum absolute atomic E-state index is 12.0. The molecule has 0 aromatic heterocycles. The second kappa shape index (κ2) is 10.3. The fourth-order valence-corrected chi connectivity index (χ4v) is 3.94. The number of nitrogens with one attached hydrogen (secondary N) is 1. The molecule has 0 spiro atoms. The van der Waals surface area contributed by atoms with Crippen molar-refractivity contribution in [3.05, 3.63) is 70.6 Å². The summed E-state index contributed by atoms with van der Waals surface area (Å²) in [6.45, 7) is 6.63. The van der Waals surface area contributed by atoms with Crippen LogP contribution in [0.4, 0.5) is 0 Å². The van der Waals surface area contributed by atoms with E-state index in [1.807, 2.05) is 43.3 Å². The molecule has 1 N–H and O–H groups in total. The van der Waals surface area contributed by atoms with E-state index in [1.165, 1.54) is 17.3 Å². The number of carbonyl (C=O) groups excluding carboxylic acids is 1. The molecule has 1 heterocycles. The first-order valence-electron chi connectivity index (χ1n) is 9.39. The number of benzene rings is 2. The van der Waals surface area contributed by atoms with Crippen molar-refractivity contribution in [2.45, 2.75) is 13.3 Å². The van der Waals surface area contributed by atoms with E-state index in [0.717, 1.165) is 16.9 Å². The van der Waals surface area contributed by atoms with E-state index in [2.05, 4.69) is 11.9 Å². The second-order valence-electron chi connectivity index (χ2n) is 6.57. The molecule has 1 aliphatic heterocycles. The van der Waals surface area contributed by atoms with Crippen LogP contribution in [-0.2, 0) is 11.2 Å². The van der Waals surface area contributed by atoms with E-state index in [9.17, 15) is 4.79 Å². The van der Waals surface area contributed by atoms with Gasteiger partial charge in [-0.1, -0.05) is 47.8 Å². The number of carbonyl (C=O) groups is 1. The molecule has 2 aromatic carbocycles. The fourth-order valence-electron chi connectivity index (χ4n) is 2.90. The number of aryl methyl sites for hydroxylation is 1. The highest BCUT2D eigenvalue weighted by atomic mass is 32.2. The highest BCUT2D eigenvalue weighted by molar-refractivity contribution is 8.26. The van der Waals surface area contributed by atoms with Gasteiger partial charge >= 0.3 is 0 Å². The lowest BCUT2D eigenvalue weighted by Gasteiger charge is -2.16. The molecule has 0 aliphatic carbocycles. The topological polar surface area (TPSA) is 56.8 Å². The highest BCUT2D eigenvalue weighted by Crippen LogP contribution is 2.35. The van der Waals surface area contributed by atoms with Crippen LogP contribution in [0.15, 0.2) is 54.0 Å². The van der Waals surface area contributed by atoms with Crippen molar-refractivity contribution in [1.29, 1.82) is 0 Å². The highest BCUT2D eigenvalue weighted by Gasteiger charge is 2.22. The van der Waals surface area contributed by atoms with Gasteiger partial charge < -0.3 is 19.5 Å². The molecule has 1 amide bonds. The predicted molar refractivity (Wildman–Crippen MR) is 125 cm³/mol. The van der Waals surface area contributed by atoms with Crippen LogP contribution in [-0.4, -0.2) is 30.6 Å². The normalized spacial score (nSPS) is 14.5. The van der Waals surface area contributed by atoms with Gasteiger partial charge in [-0.15, -0.1) is 6.58 Å². The molecule has 30 heavy (non-hydrogen) atoms. The van der Waals surface area contributed by atoms with Crippen LogP contribution >= 0.6 is 24.0 Å². The molecule has 7 heteroatoms. The Balaban J connectivity index is 1.75. The SMILES string of the molecule is C=CCc1cc(/C=C2\SC(=S)NC2=O)cc(OC)c1OCCOc1ccc(C)cc1. The molecule has 3 rings (SSSR count). The van der Waals surface area contributed by atoms with Crippen LogP contribution in [0.3, 0.4) is 0 Å². The van der Waals surface area contributed by atoms with Gasteiger partial charge in [0, 0.05) is 5.56 Å². The largest absolute Gasteiger partial charge is 0.493 e. The van der Waals surface area contributed by atoms with Gasteiger partial charge in [0.25, 0.3) is 5.91 Å². The van der Waals surface area contributed by atoms with Crippen LogP contribution < -0.4 is 19.5 Å². The molecule has 156 valence electrons. The number of thioether (sulfide) groups is 1. The zero-order chi connectivity index (χ0) is 21.5. The summed E-state index contributed by atoms with van der Waals surface area (Å²) in [4.78, 5) is 12.5. The first-order chi connectivity index (χ1) is 14.5. The van der Waals surface area contributed by atoms with Crippen molar-refractivity contribution in [2.75, 3.05) is 20.3 Å². The number of allylic oxidation sites excluding steroid dienone is 1. The summed E-state index contributed by atoms with van der Waals surface area (Å²) in [6.07, 6.45) is 4.19. The van der Waals surface area contributed by atoms with Crippen molar-refractivity contribution in [3.63, 3.8) is 0 Å². The van der Waals surface area contributed by atoms with Gasteiger partial charge in [-0.2, -0.15) is 0 Å². The third kappa shape index (κ3) is 5.64. The maximum atomic E-state index is 12.0. The Morgan fingerprint density at radius 3 is 2.53 bits per heavy atom. The first-order valence-corrected chi connectivity index (χ1v) is 10.6. The standard InChI is InChI=1S/C23H23NO4S2/c1-4-5-17-12-16(14-20-22(25)24-23(29)30-20)13-19(26-3)21(17)28-11-10-27-18-8-6-15(2)7-9-18/h4,6-9,12-14H,1,5,10-11H2,2-3H3,(H,24,25,29)/b20-14-. The van der Waals surface area contributed by atoms with E-state index < -0.39 is 0 Å². The quantitative estimate of drug-likeness (QED) is 0.264. The van der Waals surface area contributed by atoms with E-state index in [4.69, 9.17) is 26.4 Å². The van der Waals surface area contributed by atoms with Gasteiger partial charge in [0.15, 0.2) is 11.5 Å². The minimum atomic E-state index is -0.192. The van der Waals surface area contributed by atoms with Crippen LogP contribution in [0.25, 0.3) is 6.08 Å². The average Bonchev–Trinajstić information content (AvgIpc) is 3.04. The van der Waals surface area contributed by atoms with Crippen molar-refractivity contribution >= 4 is 40.3 Å². The minimum absolute atomic E-state index is 0.192. The van der Waals surface area contributed by atoms with Crippen LogP contribution in [0, 0.1) is 6.92 Å². The number of hydrogen-bond acceptors (Lipinski definition) is 6. The number of thiocarbonyl (C=S) groups is 1. The lowest BCUT2D eigenvalue weighted by molar-refractivity contribution is -0.115. The summed E-state index contributed by atoms with van der Waals surface area (Å²) >= 11 is 6.29. The van der Waals surface area contributed by atoms with Crippen LogP contribution in [0.1, 0.15) is 16.7 Å². The van der Waals surface area contributed by atoms with Gasteiger partial charge in [0.05, 0.1) is 12.0 Å². The molecule has 0 atom stereocenters. The zero-order valence-electron chi connectivity index (χ0n) is 16.9. The fraction of sp³-hybridized carbons (Fsp3) is 0.217. The number of ether oxygens (including phenoxy) is 3. The molecule has 2 aromatic rings. The Kier molecular flexibility index (Phi) is 7.54. The Morgan fingerprint density at radius 2 is 1.90 bits per heavy atom. The molecular weight excluding hydrogens is 418 g/mol. The van der Waals surface area contributed by atoms with Gasteiger partial charge in [0.1, 0.15) is 23.3 Å². The van der Waals surface area contributed by atoms with Gasteiger partial charge in [-0.25, -0.2) is 0 Å². The van der Waals surface area contributed by atoms with Crippen molar-refractivity contribution in [3.8, 4) is 17.2 Å². The smallest absolute Gasteiger partial charge is 0.263 e. The molecule has 0 bridgehead atoms. The van der Waals surface area contributed by atoms with E-state index >= 15 is 0 Å². The predicted octanol–water partition coefficient (Wildman–Crippen LogP) is 4.68. The van der Waals surface area contributed by atoms with Gasteiger partial charge in [0.2, 0.25) is 0 Å². The molecule has 1 saturated heterocycles. The Morgan fingerprint density at radius 1 is 1.17 bits per heavy atom. The summed E-state index contributed by atoms with van der Waals surface area (Å²) in [5.74, 6) is 1.84. The molecule has 0 radical (unpaired) electrons. The maximum Gasteiger partial charge on any atom is 0.263 e. The van der Waals surface area contributed by atoms with E-state index in [-0.39, 0.29) is 5.91 Å². The van der Waals surface area contributed by atoms with Crippen molar-refractivity contribution in [1.82, 2.24) is 5.32 Å². The molecule has 1 fully saturated rings. The second-order valence-corrected chi connectivity index (χ2v) is 8.29. The average molecular weight is 442 g/mol. The minimum Gasteiger partial charge on any atom is -0.493 e. The lowest BCUT2D eigenvalue weighted by atomic mass is 10.0. The zero-order valence-corrected chi connectivity index (χ0v) is 18.5. The number of amides is 1. The first kappa shape index (κ1) is 21.9. The summed E-state index contributed by atoms with van der Waals surface area (Å²) in [7, 11) is 1.59. The summed E-state index contributed by atoms with van der Waals surface area (Å²) in [5.41, 5.74) is 2.93. The molecular formula is C23H23NO4S2. The summed E-state index contributed by atoms with van der Waals surface area (Å²) in [6, 6.07) is 11.7. The number of methoxy groups -OCH3 is 1. The monoisotopic (exact) mass is 441 g/mol. The lowest BCUT2D eigenvalue weighted by Crippen LogP contribution is -2.17. The summed E-state index contributed by atoms with van der Waals surface area (Å²) < 4.78 is 17.7. The van der Waals surface area contributed by atoms with Crippen LogP contribution in [0.2, 0.25) is 0 Å². The van der Waals surface area contributed by atoms with E-state index in [1.54, 1.807) is 19.3 Å².